The van der Waals surface area contributed by atoms with Crippen LogP contribution in [0, 0.1) is 0 Å². The van der Waals surface area contributed by atoms with E-state index in [0.29, 0.717) is 0 Å². The van der Waals surface area contributed by atoms with Crippen molar-refractivity contribution in [3.05, 3.63) is 39.7 Å². The van der Waals surface area contributed by atoms with Crippen LogP contribution in [0.5, 0.6) is 0 Å². The van der Waals surface area contributed by atoms with Crippen LogP contribution in [0.25, 0.3) is 22.3 Å². The molecule has 0 spiro atoms. The van der Waals surface area contributed by atoms with E-state index in [1.54, 1.807) is 0 Å². The summed E-state index contributed by atoms with van der Waals surface area (Å²) >= 11 is 0. The lowest BCUT2D eigenvalue weighted by molar-refractivity contribution is 0.578. The van der Waals surface area contributed by atoms with Crippen molar-refractivity contribution < 1.29 is 4.57 Å². The van der Waals surface area contributed by atoms with E-state index in [1.165, 1.54) is 27.7 Å². The van der Waals surface area contributed by atoms with Gasteiger partial charge in [0.05, 0.1) is 6.33 Å². The lowest BCUT2D eigenvalue weighted by Gasteiger charge is -1.93. The summed E-state index contributed by atoms with van der Waals surface area (Å²) < 4.78 is 15.1. The molecule has 4 rings (SSSR count). The van der Waals surface area contributed by atoms with E-state index in [2.05, 4.69) is 29.9 Å². The smallest absolute Gasteiger partial charge is 0.369 e. The average molecular weight is 332 g/mol. The van der Waals surface area contributed by atoms with Crippen molar-refractivity contribution in [2.24, 2.45) is 0 Å². The van der Waals surface area contributed by atoms with Crippen molar-refractivity contribution in [2.45, 2.75) is 0 Å². The number of aromatic nitrogens is 8. The largest absolute Gasteiger partial charge is 0.610 e. The molecule has 0 aliphatic rings. The molecule has 0 radical (unpaired) electrons. The molecule has 4 N–H and O–H groups in total. The Morgan fingerprint density at radius 3 is 2.39 bits per heavy atom. The molecule has 12 nitrogen and oxygen atoms in total. The van der Waals surface area contributed by atoms with Gasteiger partial charge in [0.2, 0.25) is 17.2 Å². The van der Waals surface area contributed by atoms with Crippen LogP contribution in [0.2, 0.25) is 0 Å². The van der Waals surface area contributed by atoms with Crippen LogP contribution in [0.4, 0.5) is 5.95 Å². The highest BCUT2D eigenvalue weighted by Gasteiger charge is 2.30. The summed E-state index contributed by atoms with van der Waals surface area (Å²) in [6, 6.07) is 0. The first-order valence-corrected chi connectivity index (χ1v) is 7.34. The molecule has 0 amide bonds. The number of hydrogen-bond acceptors (Lipinski definition) is 8. The number of nitrogens with one attached hydrogen (secondary N) is 2. The van der Waals surface area contributed by atoms with E-state index >= 15 is 0 Å². The second kappa shape index (κ2) is 4.55. The van der Waals surface area contributed by atoms with Gasteiger partial charge in [-0.3, -0.25) is 14.6 Å². The fourth-order valence-corrected chi connectivity index (χ4v) is 3.20. The third kappa shape index (κ3) is 1.85. The zero-order chi connectivity index (χ0) is 16.1. The number of imidazole rings is 2. The minimum atomic E-state index is -2.36. The van der Waals surface area contributed by atoms with Crippen molar-refractivity contribution in [1.29, 1.82) is 0 Å². The van der Waals surface area contributed by atoms with E-state index in [0.717, 1.165) is 0 Å². The van der Waals surface area contributed by atoms with E-state index in [1.807, 2.05) is 0 Å². The molecule has 4 aromatic rings. The minimum Gasteiger partial charge on any atom is -0.369 e. The fraction of sp³-hybridized carbons (Fsp3) is 0. The van der Waals surface area contributed by atoms with Gasteiger partial charge in [-0.25, -0.2) is 15.0 Å². The zero-order valence-corrected chi connectivity index (χ0v) is 12.1. The number of nitrogen functional groups attached to an aromatic ring is 1. The van der Waals surface area contributed by atoms with Crippen LogP contribution in [0.1, 0.15) is 0 Å². The van der Waals surface area contributed by atoms with Crippen molar-refractivity contribution in [2.75, 3.05) is 5.73 Å². The summed E-state index contributed by atoms with van der Waals surface area (Å²) in [5, 5.41) is 0. The summed E-state index contributed by atoms with van der Waals surface area (Å²) in [5.74, 6) is -0.127. The van der Waals surface area contributed by atoms with Gasteiger partial charge in [-0.1, -0.05) is 8.68 Å². The normalized spacial score (nSPS) is 12.1. The van der Waals surface area contributed by atoms with Gasteiger partial charge in [-0.05, 0) is 4.57 Å². The molecule has 4 aromatic heterocycles. The Kier molecular flexibility index (Phi) is 2.62. The first-order valence-electron chi connectivity index (χ1n) is 6.17. The molecule has 0 saturated carbocycles. The highest BCUT2D eigenvalue weighted by Crippen LogP contribution is 2.31. The van der Waals surface area contributed by atoms with Crippen LogP contribution in [-0.4, -0.2) is 38.6 Å². The van der Waals surface area contributed by atoms with Crippen LogP contribution >= 0.6 is 8.10 Å². The quantitative estimate of drug-likeness (QED) is 0.400. The molecule has 13 heteroatoms. The van der Waals surface area contributed by atoms with Gasteiger partial charge in [0.1, 0.15) is 12.7 Å². The predicted molar refractivity (Wildman–Crippen MR) is 79.1 cm³/mol. The monoisotopic (exact) mass is 332 g/mol. The van der Waals surface area contributed by atoms with E-state index in [9.17, 15) is 14.2 Å². The second-order valence-corrected chi connectivity index (χ2v) is 5.83. The van der Waals surface area contributed by atoms with Gasteiger partial charge in [0.25, 0.3) is 11.1 Å². The van der Waals surface area contributed by atoms with Crippen molar-refractivity contribution in [3.8, 4) is 0 Å². The van der Waals surface area contributed by atoms with Gasteiger partial charge in [0, 0.05) is 0 Å². The molecule has 114 valence electrons. The Bertz CT molecular complexity index is 1200. The molecule has 1 unspecified atom stereocenters. The van der Waals surface area contributed by atoms with E-state index in [-0.39, 0.29) is 28.3 Å². The maximum Gasteiger partial charge on any atom is 0.610 e. The van der Waals surface area contributed by atoms with Crippen LogP contribution in [-0.2, 0) is 4.57 Å². The number of fused-ring (bicyclic) bond motifs is 2. The maximum atomic E-state index is 12.8. The summed E-state index contributed by atoms with van der Waals surface area (Å²) in [7, 11) is -2.36. The molecular formula is C10H7N9O3P+. The number of hydrogen-bond donors (Lipinski definition) is 3. The molecule has 4 heterocycles. The Balaban J connectivity index is 1.97. The van der Waals surface area contributed by atoms with Crippen LogP contribution in [0.15, 0.2) is 28.6 Å². The Hall–Kier alpha value is -3.40. The number of rotatable bonds is 2. The number of nitrogens with zero attached hydrogens (tertiary/aromatic N) is 6. The predicted octanol–water partition coefficient (Wildman–Crippen LogP) is -0.811. The van der Waals surface area contributed by atoms with Crippen LogP contribution in [0.3, 0.4) is 0 Å². The zero-order valence-electron chi connectivity index (χ0n) is 11.2. The average Bonchev–Trinajstić information content (AvgIpc) is 3.11. The number of aromatic amines is 2. The first-order chi connectivity index (χ1) is 11.1. The third-order valence-electron chi connectivity index (χ3n) is 3.10. The molecule has 23 heavy (non-hydrogen) atoms. The molecule has 1 atom stereocenters. The maximum absolute atomic E-state index is 12.8. The summed E-state index contributed by atoms with van der Waals surface area (Å²) in [6.07, 6.45) is 3.59. The molecule has 0 saturated heterocycles. The summed E-state index contributed by atoms with van der Waals surface area (Å²) in [4.78, 5) is 43.8. The minimum absolute atomic E-state index is 0.00206. The van der Waals surface area contributed by atoms with Crippen molar-refractivity contribution >= 4 is 36.4 Å². The number of anilines is 1. The Labute approximate surface area is 125 Å². The lowest BCUT2D eigenvalue weighted by Crippen LogP contribution is -2.11. The van der Waals surface area contributed by atoms with Gasteiger partial charge < -0.3 is 10.7 Å². The van der Waals surface area contributed by atoms with Gasteiger partial charge >= 0.3 is 8.10 Å². The van der Waals surface area contributed by atoms with E-state index in [4.69, 9.17) is 5.73 Å². The summed E-state index contributed by atoms with van der Waals surface area (Å²) in [6.45, 7) is 0. The molecule has 0 bridgehead atoms. The Morgan fingerprint density at radius 2 is 1.65 bits per heavy atom. The second-order valence-electron chi connectivity index (χ2n) is 4.46. The van der Waals surface area contributed by atoms with Crippen molar-refractivity contribution in [1.82, 2.24) is 38.6 Å². The number of nitrogens with two attached hydrogens (primary N) is 1. The SMILES string of the molecule is Nc1nc2c(ncn2[P+](=O)n2cnc3c(=O)[nH]cnc32)c(=O)[nH]1. The van der Waals surface area contributed by atoms with Crippen molar-refractivity contribution in [3.63, 3.8) is 0 Å². The van der Waals surface area contributed by atoms with Crippen LogP contribution < -0.4 is 16.9 Å². The van der Waals surface area contributed by atoms with Gasteiger partial charge in [0.15, 0.2) is 11.0 Å². The Morgan fingerprint density at radius 1 is 1.00 bits per heavy atom. The van der Waals surface area contributed by atoms with E-state index < -0.39 is 19.2 Å². The number of H-pyrrole nitrogens is 2. The lowest BCUT2D eigenvalue weighted by atomic mass is 10.5. The molecule has 0 aliphatic carbocycles. The molecule has 0 fully saturated rings. The fourth-order valence-electron chi connectivity index (χ4n) is 2.10. The van der Waals surface area contributed by atoms with Gasteiger partial charge in [-0.2, -0.15) is 4.98 Å². The topological polar surface area (TPSA) is 170 Å². The molecule has 0 aliphatic heterocycles. The summed E-state index contributed by atoms with van der Waals surface area (Å²) in [5.41, 5.74) is 4.74. The first kappa shape index (κ1) is 13.3. The highest BCUT2D eigenvalue weighted by atomic mass is 31.1. The molecule has 0 aromatic carbocycles. The third-order valence-corrected chi connectivity index (χ3v) is 4.42. The van der Waals surface area contributed by atoms with Gasteiger partial charge in [-0.15, -0.1) is 0 Å². The molecular weight excluding hydrogens is 325 g/mol. The standard InChI is InChI=1S/C10H6N9O3P/c11-10-16-7-5(9(21)17-10)15-3-19(7)23(22)18-2-14-4-6(18)12-1-13-8(4)20/h1-3H,(H3-,11,12,13,16,17,20,21)/p+1. The highest BCUT2D eigenvalue weighted by molar-refractivity contribution is 7.41.